The average Bonchev–Trinajstić information content (AvgIpc) is 2.62. The molecule has 0 unspecified atom stereocenters. The Morgan fingerprint density at radius 3 is 2.30 bits per heavy atom. The van der Waals surface area contributed by atoms with Crippen molar-refractivity contribution in [3.63, 3.8) is 0 Å². The molecule has 0 spiro atoms. The molecule has 0 aliphatic heterocycles. The van der Waals surface area contributed by atoms with Crippen LogP contribution in [0.5, 0.6) is 0 Å². The van der Waals surface area contributed by atoms with E-state index in [4.69, 9.17) is 4.74 Å². The summed E-state index contributed by atoms with van der Waals surface area (Å²) in [5, 5.41) is 13.7. The zero-order valence-corrected chi connectivity index (χ0v) is 15.5. The fourth-order valence-corrected chi connectivity index (χ4v) is 2.48. The van der Waals surface area contributed by atoms with E-state index < -0.39 is 22.9 Å². The number of hydrogen-bond acceptors (Lipinski definition) is 5. The highest BCUT2D eigenvalue weighted by Crippen LogP contribution is 2.19. The van der Waals surface area contributed by atoms with Gasteiger partial charge in [0.05, 0.1) is 11.3 Å². The van der Waals surface area contributed by atoms with E-state index >= 15 is 0 Å². The standard InChI is InChI=1S/C20H22N2O5/c1-13(2)15-8-10-17(11-9-15)21-20(24)14(3)27-19(23)12-16-6-4-5-7-18(16)22(25)26/h4-11,13-14H,12H2,1-3H3,(H,21,24)/t14-/m1/s1. The zero-order chi connectivity index (χ0) is 20.0. The van der Waals surface area contributed by atoms with Crippen molar-refractivity contribution >= 4 is 23.3 Å². The lowest BCUT2D eigenvalue weighted by atomic mass is 10.0. The van der Waals surface area contributed by atoms with Crippen molar-refractivity contribution in [2.24, 2.45) is 0 Å². The molecule has 27 heavy (non-hydrogen) atoms. The Kier molecular flexibility index (Phi) is 6.65. The number of anilines is 1. The van der Waals surface area contributed by atoms with Crippen LogP contribution in [0.25, 0.3) is 0 Å². The van der Waals surface area contributed by atoms with E-state index in [1.165, 1.54) is 25.1 Å². The van der Waals surface area contributed by atoms with Crippen LogP contribution < -0.4 is 5.32 Å². The van der Waals surface area contributed by atoms with Crippen LogP contribution >= 0.6 is 0 Å². The Morgan fingerprint density at radius 1 is 1.07 bits per heavy atom. The second kappa shape index (κ2) is 8.93. The number of amides is 1. The quantitative estimate of drug-likeness (QED) is 0.454. The Balaban J connectivity index is 1.94. The topological polar surface area (TPSA) is 98.5 Å². The van der Waals surface area contributed by atoms with Crippen LogP contribution in [0.15, 0.2) is 48.5 Å². The van der Waals surface area contributed by atoms with Gasteiger partial charge < -0.3 is 10.1 Å². The second-order valence-electron chi connectivity index (χ2n) is 6.46. The molecule has 0 aromatic heterocycles. The maximum Gasteiger partial charge on any atom is 0.311 e. The van der Waals surface area contributed by atoms with Gasteiger partial charge in [-0.15, -0.1) is 0 Å². The molecule has 0 bridgehead atoms. The van der Waals surface area contributed by atoms with Crippen molar-refractivity contribution in [2.75, 3.05) is 5.32 Å². The first-order valence-corrected chi connectivity index (χ1v) is 8.60. The molecule has 0 aliphatic rings. The fourth-order valence-electron chi connectivity index (χ4n) is 2.48. The monoisotopic (exact) mass is 370 g/mol. The van der Waals surface area contributed by atoms with Crippen molar-refractivity contribution in [1.82, 2.24) is 0 Å². The molecule has 0 saturated heterocycles. The molecule has 7 nitrogen and oxygen atoms in total. The largest absolute Gasteiger partial charge is 0.452 e. The molecule has 142 valence electrons. The van der Waals surface area contributed by atoms with Gasteiger partial charge in [-0.3, -0.25) is 19.7 Å². The summed E-state index contributed by atoms with van der Waals surface area (Å²) in [6.45, 7) is 5.60. The van der Waals surface area contributed by atoms with Crippen LogP contribution in [0.2, 0.25) is 0 Å². The summed E-state index contributed by atoms with van der Waals surface area (Å²) < 4.78 is 5.11. The van der Waals surface area contributed by atoms with Gasteiger partial charge in [-0.25, -0.2) is 0 Å². The molecule has 0 heterocycles. The number of carbonyl (C=O) groups excluding carboxylic acids is 2. The minimum absolute atomic E-state index is 0.156. The van der Waals surface area contributed by atoms with Gasteiger partial charge in [0.1, 0.15) is 0 Å². The summed E-state index contributed by atoms with van der Waals surface area (Å²) in [6.07, 6.45) is -1.30. The predicted octanol–water partition coefficient (Wildman–Crippen LogP) is 3.83. The third-order valence-electron chi connectivity index (χ3n) is 4.05. The number of ether oxygens (including phenoxy) is 1. The van der Waals surface area contributed by atoms with Gasteiger partial charge in [0, 0.05) is 17.3 Å². The Labute approximate surface area is 157 Å². The number of nitrogens with zero attached hydrogens (tertiary/aromatic N) is 1. The van der Waals surface area contributed by atoms with E-state index in [1.807, 2.05) is 12.1 Å². The van der Waals surface area contributed by atoms with Gasteiger partial charge in [0.15, 0.2) is 6.10 Å². The Morgan fingerprint density at radius 2 is 1.70 bits per heavy atom. The number of rotatable bonds is 7. The zero-order valence-electron chi connectivity index (χ0n) is 15.5. The number of para-hydroxylation sites is 1. The third-order valence-corrected chi connectivity index (χ3v) is 4.05. The lowest BCUT2D eigenvalue weighted by Gasteiger charge is -2.14. The third kappa shape index (κ3) is 5.64. The highest BCUT2D eigenvalue weighted by atomic mass is 16.6. The number of nitrogens with one attached hydrogen (secondary N) is 1. The second-order valence-corrected chi connectivity index (χ2v) is 6.46. The number of benzene rings is 2. The average molecular weight is 370 g/mol. The van der Waals surface area contributed by atoms with Crippen LogP contribution in [0.4, 0.5) is 11.4 Å². The van der Waals surface area contributed by atoms with Gasteiger partial charge in [-0.1, -0.05) is 44.2 Å². The van der Waals surface area contributed by atoms with E-state index in [2.05, 4.69) is 19.2 Å². The summed E-state index contributed by atoms with van der Waals surface area (Å²) in [4.78, 5) is 34.7. The van der Waals surface area contributed by atoms with Crippen LogP contribution in [-0.2, 0) is 20.7 Å². The van der Waals surface area contributed by atoms with Gasteiger partial charge in [-0.05, 0) is 30.5 Å². The van der Waals surface area contributed by atoms with Crippen LogP contribution in [-0.4, -0.2) is 22.9 Å². The molecule has 2 aromatic carbocycles. The first-order valence-electron chi connectivity index (χ1n) is 8.60. The SMILES string of the molecule is CC(C)c1ccc(NC(=O)[C@@H](C)OC(=O)Cc2ccccc2[N+](=O)[O-])cc1. The lowest BCUT2D eigenvalue weighted by Crippen LogP contribution is -2.30. The van der Waals surface area contributed by atoms with E-state index in [0.717, 1.165) is 5.56 Å². The summed E-state index contributed by atoms with van der Waals surface area (Å²) in [7, 11) is 0. The van der Waals surface area contributed by atoms with Gasteiger partial charge >= 0.3 is 5.97 Å². The molecule has 2 aromatic rings. The summed E-state index contributed by atoms with van der Waals surface area (Å²) in [6, 6.07) is 13.3. The number of hydrogen-bond donors (Lipinski definition) is 1. The predicted molar refractivity (Wildman–Crippen MR) is 102 cm³/mol. The molecule has 0 saturated carbocycles. The fraction of sp³-hybridized carbons (Fsp3) is 0.300. The van der Waals surface area contributed by atoms with E-state index in [1.54, 1.807) is 18.2 Å². The molecule has 2 rings (SSSR count). The summed E-state index contributed by atoms with van der Waals surface area (Å²) in [5.41, 5.74) is 1.84. The Bertz CT molecular complexity index is 831. The smallest absolute Gasteiger partial charge is 0.311 e. The van der Waals surface area contributed by atoms with Crippen molar-refractivity contribution in [3.8, 4) is 0 Å². The molecule has 1 amide bonds. The molecule has 0 aliphatic carbocycles. The maximum absolute atomic E-state index is 12.2. The number of carbonyl (C=O) groups is 2. The van der Waals surface area contributed by atoms with Crippen LogP contribution in [0.3, 0.4) is 0 Å². The lowest BCUT2D eigenvalue weighted by molar-refractivity contribution is -0.385. The molecule has 1 atom stereocenters. The van der Waals surface area contributed by atoms with E-state index in [0.29, 0.717) is 11.6 Å². The van der Waals surface area contributed by atoms with E-state index in [9.17, 15) is 19.7 Å². The molecular formula is C20H22N2O5. The first-order chi connectivity index (χ1) is 12.8. The van der Waals surface area contributed by atoms with Gasteiger partial charge in [0.2, 0.25) is 0 Å². The maximum atomic E-state index is 12.2. The highest BCUT2D eigenvalue weighted by Gasteiger charge is 2.21. The highest BCUT2D eigenvalue weighted by molar-refractivity contribution is 5.95. The number of nitro benzene ring substituents is 1. The van der Waals surface area contributed by atoms with Crippen molar-refractivity contribution in [3.05, 3.63) is 69.8 Å². The minimum Gasteiger partial charge on any atom is -0.452 e. The minimum atomic E-state index is -1.02. The Hall–Kier alpha value is -3.22. The van der Waals surface area contributed by atoms with Crippen LogP contribution in [0, 0.1) is 10.1 Å². The molecule has 1 N–H and O–H groups in total. The van der Waals surface area contributed by atoms with Crippen molar-refractivity contribution in [2.45, 2.75) is 39.2 Å². The summed E-state index contributed by atoms with van der Waals surface area (Å²) in [5.74, 6) is -0.790. The molecular weight excluding hydrogens is 348 g/mol. The molecule has 0 fully saturated rings. The van der Waals surface area contributed by atoms with Crippen LogP contribution in [0.1, 0.15) is 37.8 Å². The number of nitro groups is 1. The number of esters is 1. The molecule has 0 radical (unpaired) electrons. The molecule has 7 heteroatoms. The summed E-state index contributed by atoms with van der Waals surface area (Å²) >= 11 is 0. The van der Waals surface area contributed by atoms with E-state index in [-0.39, 0.29) is 17.7 Å². The first kappa shape index (κ1) is 20.1. The van der Waals surface area contributed by atoms with Gasteiger partial charge in [-0.2, -0.15) is 0 Å². The normalized spacial score (nSPS) is 11.7. The van der Waals surface area contributed by atoms with Crippen molar-refractivity contribution in [1.29, 1.82) is 0 Å². The van der Waals surface area contributed by atoms with Crippen molar-refractivity contribution < 1.29 is 19.2 Å². The van der Waals surface area contributed by atoms with Gasteiger partial charge in [0.25, 0.3) is 11.6 Å².